The highest BCUT2D eigenvalue weighted by molar-refractivity contribution is 8.00. The van der Waals surface area contributed by atoms with Crippen molar-refractivity contribution < 1.29 is 9.66 Å². The second-order valence-electron chi connectivity index (χ2n) is 5.06. The summed E-state index contributed by atoms with van der Waals surface area (Å²) in [7, 11) is 0. The lowest BCUT2D eigenvalue weighted by molar-refractivity contribution is -0.385. The maximum Gasteiger partial charge on any atom is 0.273 e. The lowest BCUT2D eigenvalue weighted by Crippen LogP contribution is -2.18. The zero-order valence-electron chi connectivity index (χ0n) is 12.3. The number of aromatic nitrogens is 2. The Balaban J connectivity index is 1.54. The molecule has 7 nitrogen and oxygen atoms in total. The Labute approximate surface area is 141 Å². The molecule has 23 heavy (non-hydrogen) atoms. The van der Waals surface area contributed by atoms with Crippen molar-refractivity contribution in [2.75, 3.05) is 18.5 Å². The molecule has 1 fully saturated rings. The molecular weight excluding hydrogens is 336 g/mol. The van der Waals surface area contributed by atoms with Crippen LogP contribution in [0.2, 0.25) is 0 Å². The number of hydrogen-bond donors (Lipinski definition) is 1. The number of nitro benzene ring substituents is 1. The van der Waals surface area contributed by atoms with Gasteiger partial charge in [-0.3, -0.25) is 10.1 Å². The first-order valence-corrected chi connectivity index (χ1v) is 9.06. The molecule has 122 valence electrons. The van der Waals surface area contributed by atoms with Gasteiger partial charge in [-0.1, -0.05) is 41.3 Å². The van der Waals surface area contributed by atoms with Crippen LogP contribution in [0, 0.1) is 10.1 Å². The number of para-hydroxylation sites is 1. The number of nitrogens with zero attached hydrogens (tertiary/aromatic N) is 3. The third-order valence-corrected chi connectivity index (χ3v) is 5.51. The van der Waals surface area contributed by atoms with Gasteiger partial charge < -0.3 is 10.1 Å². The fourth-order valence-corrected chi connectivity index (χ4v) is 4.05. The Morgan fingerprint density at radius 3 is 3.09 bits per heavy atom. The van der Waals surface area contributed by atoms with E-state index in [9.17, 15) is 10.1 Å². The summed E-state index contributed by atoms with van der Waals surface area (Å²) in [6, 6.07) is 6.76. The standard InChI is InChI=1S/C14H16N4O3S2/c19-18(20)12-6-2-1-4-10(12)9-22-14-17-16-13(23-14)15-8-11-5-3-7-21-11/h1-2,4,6,11H,3,5,7-9H2,(H,15,16). The van der Waals surface area contributed by atoms with E-state index >= 15 is 0 Å². The fourth-order valence-electron chi connectivity index (χ4n) is 2.30. The largest absolute Gasteiger partial charge is 0.376 e. The van der Waals surface area contributed by atoms with Crippen molar-refractivity contribution in [3.05, 3.63) is 39.9 Å². The van der Waals surface area contributed by atoms with Crippen LogP contribution in [-0.4, -0.2) is 34.4 Å². The predicted octanol–water partition coefficient (Wildman–Crippen LogP) is 3.33. The molecule has 0 aliphatic carbocycles. The predicted molar refractivity (Wildman–Crippen MR) is 90.0 cm³/mol. The number of anilines is 1. The minimum atomic E-state index is -0.357. The molecule has 3 rings (SSSR count). The summed E-state index contributed by atoms with van der Waals surface area (Å²) >= 11 is 2.91. The smallest absolute Gasteiger partial charge is 0.273 e. The van der Waals surface area contributed by atoms with Gasteiger partial charge >= 0.3 is 0 Å². The van der Waals surface area contributed by atoms with Gasteiger partial charge in [0.05, 0.1) is 11.0 Å². The van der Waals surface area contributed by atoms with Crippen LogP contribution in [0.25, 0.3) is 0 Å². The molecule has 0 spiro atoms. The normalized spacial score (nSPS) is 17.3. The molecule has 0 bridgehead atoms. The van der Waals surface area contributed by atoms with Crippen LogP contribution >= 0.6 is 23.1 Å². The minimum Gasteiger partial charge on any atom is -0.376 e. The number of nitro groups is 1. The van der Waals surface area contributed by atoms with Gasteiger partial charge in [0.2, 0.25) is 5.13 Å². The van der Waals surface area contributed by atoms with E-state index in [1.165, 1.54) is 29.2 Å². The van der Waals surface area contributed by atoms with Gasteiger partial charge in [0.1, 0.15) is 0 Å². The van der Waals surface area contributed by atoms with Crippen LogP contribution in [0.5, 0.6) is 0 Å². The minimum absolute atomic E-state index is 0.140. The number of nitrogens with one attached hydrogen (secondary N) is 1. The summed E-state index contributed by atoms with van der Waals surface area (Å²) in [5.41, 5.74) is 0.827. The van der Waals surface area contributed by atoms with Gasteiger partial charge in [0, 0.05) is 30.5 Å². The first-order chi connectivity index (χ1) is 11.2. The van der Waals surface area contributed by atoms with E-state index in [4.69, 9.17) is 4.74 Å². The average Bonchev–Trinajstić information content (AvgIpc) is 3.22. The SMILES string of the molecule is O=[N+]([O-])c1ccccc1CSc1nnc(NCC2CCCO2)s1. The molecule has 1 aliphatic rings. The summed E-state index contributed by atoms with van der Waals surface area (Å²) in [6.07, 6.45) is 2.44. The molecule has 2 aromatic rings. The monoisotopic (exact) mass is 352 g/mol. The zero-order valence-corrected chi connectivity index (χ0v) is 13.9. The number of thioether (sulfide) groups is 1. The fraction of sp³-hybridized carbons (Fsp3) is 0.429. The molecule has 1 N–H and O–H groups in total. The molecule has 0 amide bonds. The summed E-state index contributed by atoms with van der Waals surface area (Å²) in [6.45, 7) is 1.57. The molecule has 1 aromatic heterocycles. The quantitative estimate of drug-likeness (QED) is 0.464. The zero-order chi connectivity index (χ0) is 16.1. The van der Waals surface area contributed by atoms with Crippen molar-refractivity contribution in [3.63, 3.8) is 0 Å². The van der Waals surface area contributed by atoms with Crippen molar-refractivity contribution in [1.82, 2.24) is 10.2 Å². The van der Waals surface area contributed by atoms with E-state index in [1.54, 1.807) is 18.2 Å². The Morgan fingerprint density at radius 1 is 1.43 bits per heavy atom. The second-order valence-corrected chi connectivity index (χ2v) is 7.26. The van der Waals surface area contributed by atoms with Gasteiger partial charge in [-0.2, -0.15) is 0 Å². The van der Waals surface area contributed by atoms with Crippen LogP contribution in [0.15, 0.2) is 28.6 Å². The molecule has 9 heteroatoms. The number of rotatable bonds is 7. The summed E-state index contributed by atoms with van der Waals surface area (Å²) in [5, 5.41) is 23.2. The van der Waals surface area contributed by atoms with Crippen LogP contribution < -0.4 is 5.32 Å². The van der Waals surface area contributed by atoms with E-state index in [1.807, 2.05) is 0 Å². The third kappa shape index (κ3) is 4.40. The lowest BCUT2D eigenvalue weighted by Gasteiger charge is -2.08. The van der Waals surface area contributed by atoms with E-state index in [-0.39, 0.29) is 16.7 Å². The van der Waals surface area contributed by atoms with Crippen LogP contribution in [0.4, 0.5) is 10.8 Å². The van der Waals surface area contributed by atoms with Crippen molar-refractivity contribution in [2.45, 2.75) is 29.0 Å². The van der Waals surface area contributed by atoms with Gasteiger partial charge in [-0.25, -0.2) is 0 Å². The van der Waals surface area contributed by atoms with E-state index in [2.05, 4.69) is 15.5 Å². The number of benzene rings is 1. The lowest BCUT2D eigenvalue weighted by atomic mass is 10.2. The van der Waals surface area contributed by atoms with Gasteiger partial charge in [0.15, 0.2) is 4.34 Å². The maximum atomic E-state index is 11.0. The van der Waals surface area contributed by atoms with Crippen molar-refractivity contribution >= 4 is 33.9 Å². The summed E-state index contributed by atoms with van der Waals surface area (Å²) in [4.78, 5) is 10.6. The molecule has 1 saturated heterocycles. The Kier molecular flexibility index (Phi) is 5.42. The molecule has 1 aliphatic heterocycles. The first kappa shape index (κ1) is 16.2. The van der Waals surface area contributed by atoms with E-state index in [0.717, 1.165) is 35.5 Å². The van der Waals surface area contributed by atoms with Crippen molar-refractivity contribution in [2.24, 2.45) is 0 Å². The molecule has 0 radical (unpaired) electrons. The molecule has 1 unspecified atom stereocenters. The third-order valence-electron chi connectivity index (χ3n) is 3.45. The van der Waals surface area contributed by atoms with Gasteiger partial charge in [-0.05, 0) is 12.8 Å². The van der Waals surface area contributed by atoms with Gasteiger partial charge in [-0.15, -0.1) is 10.2 Å². The first-order valence-electron chi connectivity index (χ1n) is 7.26. The molecule has 1 aromatic carbocycles. The Hall–Kier alpha value is -1.71. The Morgan fingerprint density at radius 2 is 2.30 bits per heavy atom. The van der Waals surface area contributed by atoms with Crippen LogP contribution in [0.3, 0.4) is 0 Å². The van der Waals surface area contributed by atoms with Crippen molar-refractivity contribution in [1.29, 1.82) is 0 Å². The highest BCUT2D eigenvalue weighted by atomic mass is 32.2. The topological polar surface area (TPSA) is 90.2 Å². The average molecular weight is 352 g/mol. The van der Waals surface area contributed by atoms with Gasteiger partial charge in [0.25, 0.3) is 5.69 Å². The summed E-state index contributed by atoms with van der Waals surface area (Å²) in [5.74, 6) is 0.498. The molecule has 1 atom stereocenters. The Bertz CT molecular complexity index is 674. The van der Waals surface area contributed by atoms with Crippen molar-refractivity contribution in [3.8, 4) is 0 Å². The van der Waals surface area contributed by atoms with Crippen LogP contribution in [-0.2, 0) is 10.5 Å². The number of ether oxygens (including phenoxy) is 1. The molecule has 0 saturated carbocycles. The second kappa shape index (κ2) is 7.71. The summed E-state index contributed by atoms with van der Waals surface area (Å²) < 4.78 is 6.34. The van der Waals surface area contributed by atoms with E-state index < -0.39 is 0 Å². The maximum absolute atomic E-state index is 11.0. The van der Waals surface area contributed by atoms with E-state index in [0.29, 0.717) is 11.3 Å². The highest BCUT2D eigenvalue weighted by Gasteiger charge is 2.16. The number of hydrogen-bond acceptors (Lipinski definition) is 8. The highest BCUT2D eigenvalue weighted by Crippen LogP contribution is 2.31. The molecule has 2 heterocycles. The molecular formula is C14H16N4O3S2. The van der Waals surface area contributed by atoms with Crippen LogP contribution in [0.1, 0.15) is 18.4 Å².